The molecule has 0 atom stereocenters. The summed E-state index contributed by atoms with van der Waals surface area (Å²) in [6.07, 6.45) is 1.71. The van der Waals surface area contributed by atoms with Gasteiger partial charge in [-0.3, -0.25) is 0 Å². The molecule has 0 aliphatic heterocycles. The summed E-state index contributed by atoms with van der Waals surface area (Å²) in [4.78, 5) is 11.0. The van der Waals surface area contributed by atoms with Crippen molar-refractivity contribution in [3.05, 3.63) is 57.6 Å². The van der Waals surface area contributed by atoms with Crippen molar-refractivity contribution in [1.82, 2.24) is 0 Å². The van der Waals surface area contributed by atoms with Gasteiger partial charge in [0.1, 0.15) is 11.5 Å². The number of hydrogen-bond donors (Lipinski definition) is 1. The number of carboxylic acid groups (broad SMARTS) is 1. The van der Waals surface area contributed by atoms with E-state index >= 15 is 0 Å². The van der Waals surface area contributed by atoms with Crippen LogP contribution in [0.5, 0.6) is 11.5 Å². The number of benzene rings is 2. The maximum Gasteiger partial charge on any atom is 0.335 e. The van der Waals surface area contributed by atoms with E-state index in [1.807, 2.05) is 19.9 Å². The number of carboxylic acids is 1. The Bertz CT molecular complexity index is 867. The minimum atomic E-state index is -1.01. The second kappa shape index (κ2) is 9.07. The highest BCUT2D eigenvalue weighted by atomic mass is 79.9. The minimum Gasteiger partial charge on any atom is -0.493 e. The van der Waals surface area contributed by atoms with E-state index in [-0.39, 0.29) is 5.56 Å². The minimum absolute atomic E-state index is 0.171. The Hall–Kier alpha value is -2.78. The van der Waals surface area contributed by atoms with E-state index in [0.29, 0.717) is 35.8 Å². The molecule has 2 aromatic rings. The Kier molecular flexibility index (Phi) is 6.81. The van der Waals surface area contributed by atoms with Gasteiger partial charge in [0.2, 0.25) is 0 Å². The average Bonchev–Trinajstić information content (AvgIpc) is 2.63. The van der Waals surface area contributed by atoms with Crippen LogP contribution in [0.4, 0.5) is 0 Å². The first-order valence-electron chi connectivity index (χ1n) is 8.04. The topological polar surface area (TPSA) is 79.5 Å². The van der Waals surface area contributed by atoms with Crippen LogP contribution in [0.1, 0.15) is 35.3 Å². The summed E-state index contributed by atoms with van der Waals surface area (Å²) in [7, 11) is 0. The lowest BCUT2D eigenvalue weighted by atomic mass is 10.0. The molecular formula is C20H18BrNO4. The highest BCUT2D eigenvalue weighted by Gasteiger charge is 2.11. The van der Waals surface area contributed by atoms with Gasteiger partial charge in [-0.15, -0.1) is 0 Å². The lowest BCUT2D eigenvalue weighted by Gasteiger charge is -2.13. The lowest BCUT2D eigenvalue weighted by molar-refractivity contribution is 0.0697. The first kappa shape index (κ1) is 19.5. The smallest absolute Gasteiger partial charge is 0.335 e. The zero-order chi connectivity index (χ0) is 19.1. The fourth-order valence-electron chi connectivity index (χ4n) is 2.34. The van der Waals surface area contributed by atoms with Gasteiger partial charge >= 0.3 is 5.97 Å². The molecule has 2 aromatic carbocycles. The maximum absolute atomic E-state index is 11.0. The highest BCUT2D eigenvalue weighted by Crippen LogP contribution is 2.35. The molecular weight excluding hydrogens is 398 g/mol. The molecule has 1 N–H and O–H groups in total. The molecule has 0 spiro atoms. The number of nitrogens with zero attached hydrogens (tertiary/aromatic N) is 1. The van der Waals surface area contributed by atoms with E-state index in [1.165, 1.54) is 12.1 Å². The molecule has 0 radical (unpaired) electrons. The van der Waals surface area contributed by atoms with Crippen LogP contribution in [-0.4, -0.2) is 24.3 Å². The van der Waals surface area contributed by atoms with Crippen molar-refractivity contribution in [2.75, 3.05) is 13.2 Å². The summed E-state index contributed by atoms with van der Waals surface area (Å²) in [6.45, 7) is 4.78. The Balaban J connectivity index is 2.48. The van der Waals surface area contributed by atoms with Gasteiger partial charge in [0, 0.05) is 11.6 Å². The number of aromatic carboxylic acids is 1. The van der Waals surface area contributed by atoms with E-state index in [2.05, 4.69) is 22.0 Å². The molecule has 0 saturated heterocycles. The third kappa shape index (κ3) is 4.64. The highest BCUT2D eigenvalue weighted by molar-refractivity contribution is 9.10. The monoisotopic (exact) mass is 415 g/mol. The molecule has 0 aliphatic carbocycles. The van der Waals surface area contributed by atoms with Crippen molar-refractivity contribution in [1.29, 1.82) is 5.26 Å². The van der Waals surface area contributed by atoms with Crippen LogP contribution in [0.3, 0.4) is 0 Å². The first-order chi connectivity index (χ1) is 12.5. The van der Waals surface area contributed by atoms with Crippen LogP contribution in [0, 0.1) is 11.3 Å². The Labute approximate surface area is 160 Å². The number of nitriles is 1. The SMILES string of the molecule is CCOc1cc(OCC)c(/C=C(/C#N)c2ccc(C(=O)O)cc2)cc1Br. The number of halogens is 1. The molecule has 0 unspecified atom stereocenters. The van der Waals surface area contributed by atoms with Crippen molar-refractivity contribution in [3.63, 3.8) is 0 Å². The lowest BCUT2D eigenvalue weighted by Crippen LogP contribution is -1.98. The van der Waals surface area contributed by atoms with Gasteiger partial charge in [-0.05, 0) is 59.6 Å². The van der Waals surface area contributed by atoms with E-state index in [1.54, 1.807) is 24.3 Å². The Morgan fingerprint density at radius 2 is 1.69 bits per heavy atom. The van der Waals surface area contributed by atoms with Gasteiger partial charge in [0.05, 0.1) is 34.9 Å². The molecule has 0 heterocycles. The molecule has 26 heavy (non-hydrogen) atoms. The first-order valence-corrected chi connectivity index (χ1v) is 8.84. The maximum atomic E-state index is 11.0. The van der Waals surface area contributed by atoms with Gasteiger partial charge in [-0.2, -0.15) is 5.26 Å². The normalized spacial score (nSPS) is 10.9. The fourth-order valence-corrected chi connectivity index (χ4v) is 2.81. The van der Waals surface area contributed by atoms with E-state index in [0.717, 1.165) is 10.0 Å². The zero-order valence-electron chi connectivity index (χ0n) is 14.5. The summed E-state index contributed by atoms with van der Waals surface area (Å²) in [5.74, 6) is 0.264. The van der Waals surface area contributed by atoms with E-state index in [4.69, 9.17) is 14.6 Å². The third-order valence-corrected chi connectivity index (χ3v) is 4.15. The molecule has 0 bridgehead atoms. The molecule has 134 valence electrons. The predicted molar refractivity (Wildman–Crippen MR) is 103 cm³/mol. The summed E-state index contributed by atoms with van der Waals surface area (Å²) in [5.41, 5.74) is 1.93. The summed E-state index contributed by atoms with van der Waals surface area (Å²) >= 11 is 3.47. The quantitative estimate of drug-likeness (QED) is 0.507. The van der Waals surface area contributed by atoms with Crippen molar-refractivity contribution >= 4 is 33.5 Å². The molecule has 0 fully saturated rings. The van der Waals surface area contributed by atoms with Crippen LogP contribution in [0.15, 0.2) is 40.9 Å². The van der Waals surface area contributed by atoms with Gasteiger partial charge in [-0.1, -0.05) is 12.1 Å². The van der Waals surface area contributed by atoms with Gasteiger partial charge in [-0.25, -0.2) is 4.79 Å². The zero-order valence-corrected chi connectivity index (χ0v) is 16.0. The second-order valence-electron chi connectivity index (χ2n) is 5.24. The van der Waals surface area contributed by atoms with Crippen molar-refractivity contribution in [2.45, 2.75) is 13.8 Å². The van der Waals surface area contributed by atoms with Crippen molar-refractivity contribution in [3.8, 4) is 17.6 Å². The number of hydrogen-bond acceptors (Lipinski definition) is 4. The predicted octanol–water partition coefficient (Wildman–Crippen LogP) is 5.01. The van der Waals surface area contributed by atoms with Crippen LogP contribution < -0.4 is 9.47 Å². The number of carbonyl (C=O) groups is 1. The van der Waals surface area contributed by atoms with Crippen LogP contribution in [0.25, 0.3) is 11.6 Å². The van der Waals surface area contributed by atoms with Gasteiger partial charge < -0.3 is 14.6 Å². The standard InChI is InChI=1S/C20H18BrNO4/c1-3-25-18-11-19(26-4-2)17(21)10-15(18)9-16(12-22)13-5-7-14(8-6-13)20(23)24/h5-11H,3-4H2,1-2H3,(H,23,24)/b16-9-. The van der Waals surface area contributed by atoms with E-state index in [9.17, 15) is 10.1 Å². The molecule has 0 amide bonds. The second-order valence-corrected chi connectivity index (χ2v) is 6.09. The Morgan fingerprint density at radius 1 is 1.12 bits per heavy atom. The average molecular weight is 416 g/mol. The van der Waals surface area contributed by atoms with Crippen molar-refractivity contribution in [2.24, 2.45) is 0 Å². The van der Waals surface area contributed by atoms with Crippen LogP contribution in [-0.2, 0) is 0 Å². The van der Waals surface area contributed by atoms with Crippen molar-refractivity contribution < 1.29 is 19.4 Å². The molecule has 0 aliphatic rings. The largest absolute Gasteiger partial charge is 0.493 e. The molecule has 5 nitrogen and oxygen atoms in total. The molecule has 2 rings (SSSR count). The fraction of sp³-hybridized carbons (Fsp3) is 0.200. The van der Waals surface area contributed by atoms with E-state index < -0.39 is 5.97 Å². The van der Waals surface area contributed by atoms with Crippen LogP contribution in [0.2, 0.25) is 0 Å². The molecule has 0 aromatic heterocycles. The summed E-state index contributed by atoms with van der Waals surface area (Å²) < 4.78 is 12.0. The van der Waals surface area contributed by atoms with Crippen LogP contribution >= 0.6 is 15.9 Å². The number of allylic oxidation sites excluding steroid dienone is 1. The van der Waals surface area contributed by atoms with Gasteiger partial charge in [0.25, 0.3) is 0 Å². The molecule has 6 heteroatoms. The number of ether oxygens (including phenoxy) is 2. The summed E-state index contributed by atoms with van der Waals surface area (Å²) in [6, 6.07) is 11.9. The van der Waals surface area contributed by atoms with Gasteiger partial charge in [0.15, 0.2) is 0 Å². The third-order valence-electron chi connectivity index (χ3n) is 3.53. The molecule has 0 saturated carbocycles. The Morgan fingerprint density at radius 3 is 2.23 bits per heavy atom. The summed E-state index contributed by atoms with van der Waals surface area (Å²) in [5, 5.41) is 18.5. The number of rotatable bonds is 7.